The molecule has 1 aromatic carbocycles. The van der Waals surface area contributed by atoms with E-state index in [1.54, 1.807) is 24.0 Å². The van der Waals surface area contributed by atoms with Crippen molar-refractivity contribution in [2.45, 2.75) is 46.0 Å². The standard InChI is InChI=1S/C21H30N2O4/c1-5-27-20(26)16-10-12-23(13-11-16)18(24)14-22-19(25)15-6-8-17(9-7-15)21(2,3)4/h6-9,16H,5,10-14H2,1-4H3,(H,22,25). The summed E-state index contributed by atoms with van der Waals surface area (Å²) in [6.07, 6.45) is 1.21. The minimum atomic E-state index is -0.259. The smallest absolute Gasteiger partial charge is 0.309 e. The topological polar surface area (TPSA) is 75.7 Å². The van der Waals surface area contributed by atoms with E-state index in [9.17, 15) is 14.4 Å². The van der Waals surface area contributed by atoms with E-state index in [4.69, 9.17) is 4.74 Å². The van der Waals surface area contributed by atoms with Crippen molar-refractivity contribution in [3.63, 3.8) is 0 Å². The molecule has 1 fully saturated rings. The van der Waals surface area contributed by atoms with E-state index in [0.717, 1.165) is 5.56 Å². The van der Waals surface area contributed by atoms with E-state index in [2.05, 4.69) is 26.1 Å². The van der Waals surface area contributed by atoms with Crippen LogP contribution in [0.15, 0.2) is 24.3 Å². The Bertz CT molecular complexity index is 668. The van der Waals surface area contributed by atoms with Crippen LogP contribution in [0.4, 0.5) is 0 Å². The van der Waals surface area contributed by atoms with Crippen LogP contribution in [0.5, 0.6) is 0 Å². The number of nitrogens with zero attached hydrogens (tertiary/aromatic N) is 1. The number of amides is 2. The van der Waals surface area contributed by atoms with Crippen LogP contribution in [0.2, 0.25) is 0 Å². The molecule has 0 bridgehead atoms. The summed E-state index contributed by atoms with van der Waals surface area (Å²) in [5.74, 6) is -0.705. The van der Waals surface area contributed by atoms with Gasteiger partial charge in [0.15, 0.2) is 0 Å². The molecule has 27 heavy (non-hydrogen) atoms. The quantitative estimate of drug-likeness (QED) is 0.804. The Morgan fingerprint density at radius 3 is 2.22 bits per heavy atom. The normalized spacial score (nSPS) is 15.3. The molecule has 0 unspecified atom stereocenters. The Hall–Kier alpha value is -2.37. The summed E-state index contributed by atoms with van der Waals surface area (Å²) in [6.45, 7) is 9.50. The monoisotopic (exact) mass is 374 g/mol. The van der Waals surface area contributed by atoms with E-state index < -0.39 is 0 Å². The lowest BCUT2D eigenvalue weighted by atomic mass is 9.87. The Morgan fingerprint density at radius 1 is 1.11 bits per heavy atom. The summed E-state index contributed by atoms with van der Waals surface area (Å²) >= 11 is 0. The number of rotatable bonds is 5. The molecule has 0 aliphatic carbocycles. The Morgan fingerprint density at radius 2 is 1.70 bits per heavy atom. The van der Waals surface area contributed by atoms with Gasteiger partial charge in [-0.05, 0) is 42.9 Å². The van der Waals surface area contributed by atoms with Gasteiger partial charge in [-0.25, -0.2) is 0 Å². The third kappa shape index (κ3) is 5.81. The number of likely N-dealkylation sites (tertiary alicyclic amines) is 1. The molecule has 2 amide bonds. The maximum absolute atomic E-state index is 12.3. The first-order valence-corrected chi connectivity index (χ1v) is 9.55. The van der Waals surface area contributed by atoms with Gasteiger partial charge in [-0.1, -0.05) is 32.9 Å². The predicted octanol–water partition coefficient (Wildman–Crippen LogP) is 2.52. The fourth-order valence-electron chi connectivity index (χ4n) is 3.12. The fourth-order valence-corrected chi connectivity index (χ4v) is 3.12. The zero-order chi connectivity index (χ0) is 20.0. The Kier molecular flexibility index (Phi) is 6.99. The maximum atomic E-state index is 12.3. The molecule has 0 radical (unpaired) electrons. The first kappa shape index (κ1) is 20.9. The molecule has 0 spiro atoms. The van der Waals surface area contributed by atoms with Crippen molar-refractivity contribution < 1.29 is 19.1 Å². The molecular formula is C21H30N2O4. The molecule has 1 saturated heterocycles. The summed E-state index contributed by atoms with van der Waals surface area (Å²) < 4.78 is 5.03. The zero-order valence-corrected chi connectivity index (χ0v) is 16.7. The van der Waals surface area contributed by atoms with Gasteiger partial charge in [0.05, 0.1) is 19.1 Å². The summed E-state index contributed by atoms with van der Waals surface area (Å²) in [4.78, 5) is 38.0. The number of hydrogen-bond acceptors (Lipinski definition) is 4. The van der Waals surface area contributed by atoms with Gasteiger partial charge in [0.1, 0.15) is 0 Å². The second-order valence-corrected chi connectivity index (χ2v) is 7.92. The minimum Gasteiger partial charge on any atom is -0.466 e. The van der Waals surface area contributed by atoms with Crippen LogP contribution in [0.3, 0.4) is 0 Å². The number of carbonyl (C=O) groups excluding carboxylic acids is 3. The molecule has 0 aromatic heterocycles. The molecule has 148 valence electrons. The molecule has 1 aliphatic rings. The minimum absolute atomic E-state index is 0.0284. The third-order valence-corrected chi connectivity index (χ3v) is 4.88. The lowest BCUT2D eigenvalue weighted by molar-refractivity contribution is -0.151. The molecule has 0 saturated carbocycles. The molecule has 1 heterocycles. The lowest BCUT2D eigenvalue weighted by Gasteiger charge is -2.31. The average molecular weight is 374 g/mol. The fraction of sp³-hybridized carbons (Fsp3) is 0.571. The summed E-state index contributed by atoms with van der Waals surface area (Å²) in [6, 6.07) is 7.45. The summed E-state index contributed by atoms with van der Waals surface area (Å²) in [5, 5.41) is 2.69. The van der Waals surface area contributed by atoms with Crippen molar-refractivity contribution in [1.29, 1.82) is 0 Å². The van der Waals surface area contributed by atoms with Gasteiger partial charge >= 0.3 is 5.97 Å². The third-order valence-electron chi connectivity index (χ3n) is 4.88. The molecule has 1 N–H and O–H groups in total. The van der Waals surface area contributed by atoms with Crippen LogP contribution in [0, 0.1) is 5.92 Å². The molecular weight excluding hydrogens is 344 g/mol. The number of piperidine rings is 1. The number of carbonyl (C=O) groups is 3. The zero-order valence-electron chi connectivity index (χ0n) is 16.7. The summed E-state index contributed by atoms with van der Waals surface area (Å²) in [7, 11) is 0. The Balaban J connectivity index is 1.80. The van der Waals surface area contributed by atoms with Gasteiger partial charge < -0.3 is 15.0 Å². The highest BCUT2D eigenvalue weighted by molar-refractivity contribution is 5.96. The predicted molar refractivity (Wildman–Crippen MR) is 103 cm³/mol. The van der Waals surface area contributed by atoms with Gasteiger partial charge in [0.25, 0.3) is 5.91 Å². The van der Waals surface area contributed by atoms with Gasteiger partial charge in [-0.2, -0.15) is 0 Å². The van der Waals surface area contributed by atoms with E-state index in [-0.39, 0.29) is 35.7 Å². The van der Waals surface area contributed by atoms with E-state index in [1.807, 2.05) is 12.1 Å². The highest BCUT2D eigenvalue weighted by Gasteiger charge is 2.28. The van der Waals surface area contributed by atoms with Gasteiger partial charge in [0, 0.05) is 18.7 Å². The van der Waals surface area contributed by atoms with Crippen molar-refractivity contribution in [1.82, 2.24) is 10.2 Å². The number of esters is 1. The van der Waals surface area contributed by atoms with Crippen LogP contribution in [0.25, 0.3) is 0 Å². The van der Waals surface area contributed by atoms with Crippen LogP contribution in [0.1, 0.15) is 56.5 Å². The van der Waals surface area contributed by atoms with E-state index in [0.29, 0.717) is 38.1 Å². The average Bonchev–Trinajstić information content (AvgIpc) is 2.65. The van der Waals surface area contributed by atoms with Crippen LogP contribution >= 0.6 is 0 Å². The van der Waals surface area contributed by atoms with Crippen LogP contribution in [-0.2, 0) is 19.7 Å². The number of ether oxygens (including phenoxy) is 1. The maximum Gasteiger partial charge on any atom is 0.309 e. The largest absolute Gasteiger partial charge is 0.466 e. The molecule has 6 nitrogen and oxygen atoms in total. The molecule has 6 heteroatoms. The highest BCUT2D eigenvalue weighted by atomic mass is 16.5. The van der Waals surface area contributed by atoms with Crippen molar-refractivity contribution in [2.24, 2.45) is 5.92 Å². The Labute approximate surface area is 161 Å². The second-order valence-electron chi connectivity index (χ2n) is 7.92. The van der Waals surface area contributed by atoms with Crippen molar-refractivity contribution in [3.8, 4) is 0 Å². The lowest BCUT2D eigenvalue weighted by Crippen LogP contribution is -2.45. The van der Waals surface area contributed by atoms with Crippen molar-refractivity contribution >= 4 is 17.8 Å². The SMILES string of the molecule is CCOC(=O)C1CCN(C(=O)CNC(=O)c2ccc(C(C)(C)C)cc2)CC1. The summed E-state index contributed by atoms with van der Waals surface area (Å²) in [5.41, 5.74) is 1.72. The van der Waals surface area contributed by atoms with E-state index >= 15 is 0 Å². The van der Waals surface area contributed by atoms with Crippen molar-refractivity contribution in [3.05, 3.63) is 35.4 Å². The number of benzene rings is 1. The number of hydrogen-bond donors (Lipinski definition) is 1. The molecule has 0 atom stereocenters. The molecule has 1 aliphatic heterocycles. The van der Waals surface area contributed by atoms with Crippen LogP contribution < -0.4 is 5.32 Å². The second kappa shape index (κ2) is 9.02. The van der Waals surface area contributed by atoms with E-state index in [1.165, 1.54) is 0 Å². The van der Waals surface area contributed by atoms with Crippen molar-refractivity contribution in [2.75, 3.05) is 26.2 Å². The van der Waals surface area contributed by atoms with Crippen LogP contribution in [-0.4, -0.2) is 48.9 Å². The number of nitrogens with one attached hydrogen (secondary N) is 1. The molecule has 1 aromatic rings. The first-order valence-electron chi connectivity index (χ1n) is 9.55. The first-order chi connectivity index (χ1) is 12.7. The van der Waals surface area contributed by atoms with Gasteiger partial charge in [-0.3, -0.25) is 14.4 Å². The highest BCUT2D eigenvalue weighted by Crippen LogP contribution is 2.22. The van der Waals surface area contributed by atoms with Gasteiger partial charge in [-0.15, -0.1) is 0 Å². The molecule has 2 rings (SSSR count). The van der Waals surface area contributed by atoms with Gasteiger partial charge in [0.2, 0.25) is 5.91 Å².